The molecule has 1 saturated heterocycles. The van der Waals surface area contributed by atoms with Gasteiger partial charge in [0.2, 0.25) is 0 Å². The molecular formula is C13H27N3O. The lowest BCUT2D eigenvalue weighted by Crippen LogP contribution is -2.39. The summed E-state index contributed by atoms with van der Waals surface area (Å²) in [6.45, 7) is 8.73. The van der Waals surface area contributed by atoms with Gasteiger partial charge in [-0.1, -0.05) is 25.4 Å². The van der Waals surface area contributed by atoms with Crippen LogP contribution in [0.1, 0.15) is 52.9 Å². The molecule has 0 saturated carbocycles. The van der Waals surface area contributed by atoms with Gasteiger partial charge in [-0.25, -0.2) is 0 Å². The quantitative estimate of drug-likeness (QED) is 0.336. The first kappa shape index (κ1) is 14.3. The average Bonchev–Trinajstić information content (AvgIpc) is 2.30. The van der Waals surface area contributed by atoms with E-state index in [4.69, 9.17) is 10.9 Å². The van der Waals surface area contributed by atoms with E-state index in [0.29, 0.717) is 5.84 Å². The number of nitrogens with two attached hydrogens (primary N) is 1. The fourth-order valence-electron chi connectivity index (χ4n) is 2.48. The number of likely N-dealkylation sites (tertiary alicyclic amines) is 1. The molecule has 0 radical (unpaired) electrons. The normalized spacial score (nSPS) is 23.9. The molecule has 1 unspecified atom stereocenters. The molecule has 100 valence electrons. The standard InChI is InChI=1S/C13H27N3O/c1-11-7-4-5-9-16(11)10-6-8-13(2,3)12(14)15-17/h11,17H,4-10H2,1-3H3,(H2,14,15). The Balaban J connectivity index is 2.31. The first-order valence-corrected chi connectivity index (χ1v) is 6.69. The summed E-state index contributed by atoms with van der Waals surface area (Å²) in [5, 5.41) is 11.8. The van der Waals surface area contributed by atoms with E-state index in [0.717, 1.165) is 25.4 Å². The molecule has 1 fully saturated rings. The van der Waals surface area contributed by atoms with Crippen LogP contribution in [0.4, 0.5) is 0 Å². The Kier molecular flexibility index (Phi) is 5.25. The van der Waals surface area contributed by atoms with Gasteiger partial charge in [0.15, 0.2) is 0 Å². The maximum absolute atomic E-state index is 8.71. The Labute approximate surface area is 105 Å². The predicted molar refractivity (Wildman–Crippen MR) is 71.3 cm³/mol. The number of hydrogen-bond donors (Lipinski definition) is 2. The lowest BCUT2D eigenvalue weighted by atomic mass is 9.86. The second kappa shape index (κ2) is 6.24. The molecule has 3 N–H and O–H groups in total. The number of piperidine rings is 1. The van der Waals surface area contributed by atoms with Gasteiger partial charge >= 0.3 is 0 Å². The molecular weight excluding hydrogens is 214 g/mol. The number of oxime groups is 1. The van der Waals surface area contributed by atoms with Crippen LogP contribution in [0.5, 0.6) is 0 Å². The second-order valence-electron chi connectivity index (χ2n) is 5.85. The minimum atomic E-state index is -0.201. The van der Waals surface area contributed by atoms with Crippen LogP contribution in [-0.4, -0.2) is 35.1 Å². The summed E-state index contributed by atoms with van der Waals surface area (Å²) in [5.74, 6) is 0.337. The van der Waals surface area contributed by atoms with Crippen LogP contribution < -0.4 is 5.73 Å². The van der Waals surface area contributed by atoms with Gasteiger partial charge in [-0.3, -0.25) is 0 Å². The summed E-state index contributed by atoms with van der Waals surface area (Å²) < 4.78 is 0. The van der Waals surface area contributed by atoms with Crippen LogP contribution >= 0.6 is 0 Å². The van der Waals surface area contributed by atoms with Crippen LogP contribution in [0.15, 0.2) is 5.16 Å². The molecule has 1 aliphatic rings. The van der Waals surface area contributed by atoms with Gasteiger partial charge in [-0.05, 0) is 45.7 Å². The van der Waals surface area contributed by atoms with Crippen molar-refractivity contribution in [1.29, 1.82) is 0 Å². The first-order chi connectivity index (χ1) is 7.97. The zero-order valence-corrected chi connectivity index (χ0v) is 11.4. The van der Waals surface area contributed by atoms with Gasteiger partial charge in [-0.15, -0.1) is 0 Å². The molecule has 1 aliphatic heterocycles. The van der Waals surface area contributed by atoms with E-state index < -0.39 is 0 Å². The Hall–Kier alpha value is -0.770. The van der Waals surface area contributed by atoms with E-state index in [-0.39, 0.29) is 5.41 Å². The van der Waals surface area contributed by atoms with Gasteiger partial charge in [0.1, 0.15) is 5.84 Å². The molecule has 1 atom stereocenters. The summed E-state index contributed by atoms with van der Waals surface area (Å²) in [6.07, 6.45) is 6.09. The van der Waals surface area contributed by atoms with E-state index in [2.05, 4.69) is 17.0 Å². The molecule has 0 aromatic rings. The molecule has 17 heavy (non-hydrogen) atoms. The van der Waals surface area contributed by atoms with Crippen molar-refractivity contribution in [3.05, 3.63) is 0 Å². The molecule has 0 aromatic carbocycles. The monoisotopic (exact) mass is 241 g/mol. The van der Waals surface area contributed by atoms with Gasteiger partial charge in [0.05, 0.1) is 0 Å². The third kappa shape index (κ3) is 4.19. The van der Waals surface area contributed by atoms with Crippen molar-refractivity contribution >= 4 is 5.84 Å². The average molecular weight is 241 g/mol. The lowest BCUT2D eigenvalue weighted by molar-refractivity contribution is 0.154. The van der Waals surface area contributed by atoms with Crippen molar-refractivity contribution in [2.45, 2.75) is 58.9 Å². The Morgan fingerprint density at radius 1 is 1.47 bits per heavy atom. The Morgan fingerprint density at radius 2 is 2.18 bits per heavy atom. The Morgan fingerprint density at radius 3 is 2.76 bits per heavy atom. The fraction of sp³-hybridized carbons (Fsp3) is 0.923. The summed E-state index contributed by atoms with van der Waals surface area (Å²) in [5.41, 5.74) is 5.48. The number of hydrogen-bond acceptors (Lipinski definition) is 3. The fourth-order valence-corrected chi connectivity index (χ4v) is 2.48. The minimum absolute atomic E-state index is 0.201. The zero-order valence-electron chi connectivity index (χ0n) is 11.4. The highest BCUT2D eigenvalue weighted by molar-refractivity contribution is 5.85. The molecule has 0 amide bonds. The van der Waals surface area contributed by atoms with E-state index in [1.807, 2.05) is 13.8 Å². The highest BCUT2D eigenvalue weighted by Gasteiger charge is 2.24. The SMILES string of the molecule is CC1CCCCN1CCCC(C)(C)C(N)=NO. The summed E-state index contributed by atoms with van der Waals surface area (Å²) >= 11 is 0. The minimum Gasteiger partial charge on any atom is -0.409 e. The Bertz CT molecular complexity index is 263. The zero-order chi connectivity index (χ0) is 12.9. The summed E-state index contributed by atoms with van der Waals surface area (Å²) in [7, 11) is 0. The van der Waals surface area contributed by atoms with Crippen LogP contribution in [-0.2, 0) is 0 Å². The maximum atomic E-state index is 8.71. The second-order valence-corrected chi connectivity index (χ2v) is 5.85. The largest absolute Gasteiger partial charge is 0.409 e. The molecule has 0 bridgehead atoms. The van der Waals surface area contributed by atoms with E-state index in [1.54, 1.807) is 0 Å². The van der Waals surface area contributed by atoms with Crippen molar-refractivity contribution in [2.75, 3.05) is 13.1 Å². The van der Waals surface area contributed by atoms with Gasteiger partial charge < -0.3 is 15.8 Å². The molecule has 1 heterocycles. The van der Waals surface area contributed by atoms with Crippen LogP contribution in [0.2, 0.25) is 0 Å². The summed E-state index contributed by atoms with van der Waals surface area (Å²) in [6, 6.07) is 0.718. The maximum Gasteiger partial charge on any atom is 0.144 e. The number of nitrogens with zero attached hydrogens (tertiary/aromatic N) is 2. The van der Waals surface area contributed by atoms with E-state index >= 15 is 0 Å². The molecule has 1 rings (SSSR count). The number of amidine groups is 1. The van der Waals surface area contributed by atoms with Crippen LogP contribution in [0.25, 0.3) is 0 Å². The van der Waals surface area contributed by atoms with Crippen LogP contribution in [0.3, 0.4) is 0 Å². The van der Waals surface area contributed by atoms with Gasteiger partial charge in [-0.2, -0.15) is 0 Å². The smallest absolute Gasteiger partial charge is 0.144 e. The van der Waals surface area contributed by atoms with E-state index in [9.17, 15) is 0 Å². The predicted octanol–water partition coefficient (Wildman–Crippen LogP) is 2.41. The van der Waals surface area contributed by atoms with Crippen molar-refractivity contribution in [3.8, 4) is 0 Å². The number of rotatable bonds is 5. The lowest BCUT2D eigenvalue weighted by Gasteiger charge is -2.34. The molecule has 0 spiro atoms. The molecule has 0 aromatic heterocycles. The van der Waals surface area contributed by atoms with Gasteiger partial charge in [0.25, 0.3) is 0 Å². The van der Waals surface area contributed by atoms with Crippen molar-refractivity contribution < 1.29 is 5.21 Å². The molecule has 4 nitrogen and oxygen atoms in total. The third-order valence-electron chi connectivity index (χ3n) is 3.99. The molecule has 0 aliphatic carbocycles. The highest BCUT2D eigenvalue weighted by Crippen LogP contribution is 2.24. The third-order valence-corrected chi connectivity index (χ3v) is 3.99. The summed E-state index contributed by atoms with van der Waals surface area (Å²) in [4.78, 5) is 2.56. The van der Waals surface area contributed by atoms with Crippen molar-refractivity contribution in [3.63, 3.8) is 0 Å². The topological polar surface area (TPSA) is 61.8 Å². The van der Waals surface area contributed by atoms with Crippen molar-refractivity contribution in [2.24, 2.45) is 16.3 Å². The van der Waals surface area contributed by atoms with Crippen LogP contribution in [0, 0.1) is 5.41 Å². The molecule has 4 heteroatoms. The van der Waals surface area contributed by atoms with E-state index in [1.165, 1.54) is 25.8 Å². The first-order valence-electron chi connectivity index (χ1n) is 6.69. The van der Waals surface area contributed by atoms with Crippen molar-refractivity contribution in [1.82, 2.24) is 4.90 Å². The van der Waals surface area contributed by atoms with Gasteiger partial charge in [0, 0.05) is 11.5 Å². The highest BCUT2D eigenvalue weighted by atomic mass is 16.4.